The Labute approximate surface area is 147 Å². The number of benzene rings is 1. The van der Waals surface area contributed by atoms with E-state index in [1.165, 1.54) is 18.4 Å². The first-order valence-corrected chi connectivity index (χ1v) is 9.75. The van der Waals surface area contributed by atoms with Gasteiger partial charge < -0.3 is 9.21 Å². The zero-order valence-electron chi connectivity index (χ0n) is 14.3. The largest absolute Gasteiger partial charge is 0.439 e. The molecule has 1 fully saturated rings. The molecule has 4 nitrogen and oxygen atoms in total. The lowest BCUT2D eigenvalue weighted by atomic mass is 10.0. The molecule has 2 unspecified atom stereocenters. The van der Waals surface area contributed by atoms with Crippen LogP contribution in [-0.4, -0.2) is 40.8 Å². The molecular weight excluding hydrogens is 320 g/mol. The van der Waals surface area contributed by atoms with Gasteiger partial charge in [-0.3, -0.25) is 4.90 Å². The third kappa shape index (κ3) is 3.90. The zero-order chi connectivity index (χ0) is 16.9. The van der Waals surface area contributed by atoms with Gasteiger partial charge in [-0.25, -0.2) is 4.98 Å². The number of thioether (sulfide) groups is 1. The summed E-state index contributed by atoms with van der Waals surface area (Å²) in [5, 5.41) is 0.0112. The predicted molar refractivity (Wildman–Crippen MR) is 98.2 cm³/mol. The van der Waals surface area contributed by atoms with E-state index in [1.807, 2.05) is 12.5 Å². The van der Waals surface area contributed by atoms with Gasteiger partial charge in [-0.05, 0) is 32.6 Å². The van der Waals surface area contributed by atoms with Crippen molar-refractivity contribution in [2.75, 3.05) is 19.3 Å². The van der Waals surface area contributed by atoms with Crippen LogP contribution in [0.4, 0.5) is 0 Å². The summed E-state index contributed by atoms with van der Waals surface area (Å²) in [6, 6.07) is 8.46. The van der Waals surface area contributed by atoms with E-state index in [2.05, 4.69) is 41.1 Å². The second-order valence-corrected chi connectivity index (χ2v) is 7.42. The van der Waals surface area contributed by atoms with Crippen molar-refractivity contribution in [2.45, 2.75) is 37.5 Å². The first kappa shape index (κ1) is 17.2. The molecule has 0 bridgehead atoms. The highest BCUT2D eigenvalue weighted by atomic mass is 32.2. The number of rotatable bonds is 6. The molecule has 3 rings (SSSR count). The normalized spacial score (nSPS) is 20.0. The maximum Gasteiger partial charge on any atom is 0.212 e. The lowest BCUT2D eigenvalue weighted by molar-refractivity contribution is -0.107. The number of likely N-dealkylation sites (tertiary alicyclic amines) is 1. The summed E-state index contributed by atoms with van der Waals surface area (Å²) in [6.45, 7) is 3.83. The smallest absolute Gasteiger partial charge is 0.212 e. The average Bonchev–Trinajstić information content (AvgIpc) is 3.10. The monoisotopic (exact) mass is 344 g/mol. The fourth-order valence-electron chi connectivity index (χ4n) is 3.19. The molecule has 2 aromatic rings. The van der Waals surface area contributed by atoms with Crippen LogP contribution in [0.3, 0.4) is 0 Å². The Hall–Kier alpha value is -1.59. The van der Waals surface area contributed by atoms with Crippen LogP contribution in [0.5, 0.6) is 0 Å². The minimum Gasteiger partial charge on any atom is -0.439 e. The predicted octanol–water partition coefficient (Wildman–Crippen LogP) is 4.11. The maximum atomic E-state index is 11.2. The number of carbonyl (C=O) groups is 1. The summed E-state index contributed by atoms with van der Waals surface area (Å²) in [5.74, 6) is 1.59. The average molecular weight is 344 g/mol. The van der Waals surface area contributed by atoms with Gasteiger partial charge in [-0.15, -0.1) is 0 Å². The van der Waals surface area contributed by atoms with Crippen molar-refractivity contribution in [3.63, 3.8) is 0 Å². The van der Waals surface area contributed by atoms with Crippen molar-refractivity contribution in [1.29, 1.82) is 0 Å². The standard InChI is InChI=1S/C19H24N2O2S/c1-14-6-8-15(9-7-14)18-11-20-19(23-18)17-5-3-4-10-21(17)12-16(13-22)24-2/h6-9,11,13,16-17H,3-5,10,12H2,1-2H3. The highest BCUT2D eigenvalue weighted by molar-refractivity contribution is 7.99. The van der Waals surface area contributed by atoms with Crippen molar-refractivity contribution in [2.24, 2.45) is 0 Å². The molecule has 1 aromatic carbocycles. The van der Waals surface area contributed by atoms with E-state index in [0.717, 1.165) is 43.0 Å². The fraction of sp³-hybridized carbons (Fsp3) is 0.474. The summed E-state index contributed by atoms with van der Waals surface area (Å²) in [5.41, 5.74) is 2.28. The Morgan fingerprint density at radius 1 is 1.38 bits per heavy atom. The Morgan fingerprint density at radius 3 is 2.88 bits per heavy atom. The number of carbonyl (C=O) groups excluding carboxylic acids is 1. The Bertz CT molecular complexity index is 668. The van der Waals surface area contributed by atoms with Crippen LogP contribution < -0.4 is 0 Å². The van der Waals surface area contributed by atoms with Crippen LogP contribution in [-0.2, 0) is 4.79 Å². The number of aromatic nitrogens is 1. The number of aryl methyl sites for hydroxylation is 1. The van der Waals surface area contributed by atoms with E-state index in [1.54, 1.807) is 11.8 Å². The summed E-state index contributed by atoms with van der Waals surface area (Å²) in [6.07, 6.45) is 8.23. The summed E-state index contributed by atoms with van der Waals surface area (Å²) >= 11 is 1.60. The van der Waals surface area contributed by atoms with Crippen LogP contribution in [0.25, 0.3) is 11.3 Å². The van der Waals surface area contributed by atoms with Gasteiger partial charge in [-0.2, -0.15) is 11.8 Å². The summed E-state index contributed by atoms with van der Waals surface area (Å²) < 4.78 is 6.08. The lowest BCUT2D eigenvalue weighted by Gasteiger charge is -2.34. The second kappa shape index (κ2) is 7.99. The van der Waals surface area contributed by atoms with Gasteiger partial charge in [0, 0.05) is 12.1 Å². The molecule has 2 atom stereocenters. The molecule has 1 aromatic heterocycles. The number of aldehydes is 1. The van der Waals surface area contributed by atoms with Crippen LogP contribution in [0.2, 0.25) is 0 Å². The van der Waals surface area contributed by atoms with Crippen molar-refractivity contribution in [1.82, 2.24) is 9.88 Å². The van der Waals surface area contributed by atoms with Crippen molar-refractivity contribution < 1.29 is 9.21 Å². The quantitative estimate of drug-likeness (QED) is 0.738. The summed E-state index contributed by atoms with van der Waals surface area (Å²) in [4.78, 5) is 18.1. The van der Waals surface area contributed by atoms with E-state index in [4.69, 9.17) is 4.42 Å². The molecule has 0 saturated carbocycles. The van der Waals surface area contributed by atoms with Crippen molar-refractivity contribution in [3.8, 4) is 11.3 Å². The van der Waals surface area contributed by atoms with Gasteiger partial charge in [0.05, 0.1) is 17.5 Å². The van der Waals surface area contributed by atoms with Gasteiger partial charge in [-0.1, -0.05) is 36.2 Å². The Morgan fingerprint density at radius 2 is 2.17 bits per heavy atom. The topological polar surface area (TPSA) is 46.3 Å². The molecule has 1 aliphatic heterocycles. The van der Waals surface area contributed by atoms with Gasteiger partial charge in [0.25, 0.3) is 0 Å². The minimum absolute atomic E-state index is 0.0112. The van der Waals surface area contributed by atoms with Crippen LogP contribution in [0.1, 0.15) is 36.8 Å². The van der Waals surface area contributed by atoms with Crippen molar-refractivity contribution in [3.05, 3.63) is 41.9 Å². The molecule has 0 N–H and O–H groups in total. The maximum absolute atomic E-state index is 11.2. The van der Waals surface area contributed by atoms with E-state index < -0.39 is 0 Å². The van der Waals surface area contributed by atoms with Crippen LogP contribution in [0.15, 0.2) is 34.9 Å². The number of hydrogen-bond acceptors (Lipinski definition) is 5. The van der Waals surface area contributed by atoms with E-state index in [-0.39, 0.29) is 11.3 Å². The molecule has 1 saturated heterocycles. The molecule has 1 aliphatic rings. The Kier molecular flexibility index (Phi) is 5.74. The third-order valence-corrected chi connectivity index (χ3v) is 5.49. The SMILES string of the molecule is CSC(C=O)CN1CCCCC1c1ncc(-c2ccc(C)cc2)o1. The molecule has 0 amide bonds. The number of nitrogens with zero attached hydrogens (tertiary/aromatic N) is 2. The Balaban J connectivity index is 1.78. The van der Waals surface area contributed by atoms with Crippen LogP contribution >= 0.6 is 11.8 Å². The highest BCUT2D eigenvalue weighted by Gasteiger charge is 2.29. The lowest BCUT2D eigenvalue weighted by Crippen LogP contribution is -2.38. The third-order valence-electron chi connectivity index (χ3n) is 4.63. The molecule has 5 heteroatoms. The van der Waals surface area contributed by atoms with Gasteiger partial charge in [0.1, 0.15) is 6.29 Å². The van der Waals surface area contributed by atoms with E-state index in [9.17, 15) is 4.79 Å². The minimum atomic E-state index is 0.0112. The number of piperidine rings is 1. The molecule has 24 heavy (non-hydrogen) atoms. The second-order valence-electron chi connectivity index (χ2n) is 6.35. The molecule has 0 radical (unpaired) electrons. The molecule has 128 valence electrons. The van der Waals surface area contributed by atoms with E-state index in [0.29, 0.717) is 0 Å². The molecule has 0 spiro atoms. The number of hydrogen-bond donors (Lipinski definition) is 0. The molecule has 0 aliphatic carbocycles. The van der Waals surface area contributed by atoms with Gasteiger partial charge >= 0.3 is 0 Å². The van der Waals surface area contributed by atoms with Gasteiger partial charge in [0.2, 0.25) is 5.89 Å². The van der Waals surface area contributed by atoms with Crippen molar-refractivity contribution >= 4 is 18.0 Å². The first-order valence-electron chi connectivity index (χ1n) is 8.46. The zero-order valence-corrected chi connectivity index (χ0v) is 15.1. The fourth-order valence-corrected chi connectivity index (χ4v) is 3.64. The summed E-state index contributed by atoms with van der Waals surface area (Å²) in [7, 11) is 0. The van der Waals surface area contributed by atoms with E-state index >= 15 is 0 Å². The molecular formula is C19H24N2O2S. The first-order chi connectivity index (χ1) is 11.7. The van der Waals surface area contributed by atoms with Gasteiger partial charge in [0.15, 0.2) is 5.76 Å². The highest BCUT2D eigenvalue weighted by Crippen LogP contribution is 2.33. The van der Waals surface area contributed by atoms with Crippen LogP contribution in [0, 0.1) is 6.92 Å². The number of oxazole rings is 1. The molecule has 2 heterocycles.